The van der Waals surface area contributed by atoms with Gasteiger partial charge in [-0.1, -0.05) is 6.07 Å². The lowest BCUT2D eigenvalue weighted by Crippen LogP contribution is -2.07. The summed E-state index contributed by atoms with van der Waals surface area (Å²) in [6.07, 6.45) is 3.31. The third-order valence-electron chi connectivity index (χ3n) is 2.78. The summed E-state index contributed by atoms with van der Waals surface area (Å²) >= 11 is 0. The molecule has 6 heteroatoms. The maximum atomic E-state index is 12.0. The summed E-state index contributed by atoms with van der Waals surface area (Å²) in [5.41, 5.74) is 0.829. The summed E-state index contributed by atoms with van der Waals surface area (Å²) in [4.78, 5) is 20.5. The highest BCUT2D eigenvalue weighted by Gasteiger charge is 2.19. The smallest absolute Gasteiger partial charge is 0.359 e. The molecule has 0 unspecified atom stereocenters. The van der Waals surface area contributed by atoms with Crippen molar-refractivity contribution in [3.05, 3.63) is 48.4 Å². The Hall–Kier alpha value is -2.76. The fourth-order valence-corrected chi connectivity index (χ4v) is 1.94. The van der Waals surface area contributed by atoms with E-state index in [1.165, 1.54) is 0 Å². The zero-order chi connectivity index (χ0) is 13.9. The van der Waals surface area contributed by atoms with E-state index in [1.807, 2.05) is 12.1 Å². The van der Waals surface area contributed by atoms with Crippen LogP contribution in [-0.2, 0) is 4.74 Å². The summed E-state index contributed by atoms with van der Waals surface area (Å²) in [7, 11) is 0. The van der Waals surface area contributed by atoms with Gasteiger partial charge in [-0.3, -0.25) is 0 Å². The third-order valence-corrected chi connectivity index (χ3v) is 2.78. The van der Waals surface area contributed by atoms with Gasteiger partial charge in [-0.25, -0.2) is 14.8 Å². The SMILES string of the molecule is CCOC(=O)c1nn(-c2ccccn2)c2ncccc12. The maximum absolute atomic E-state index is 12.0. The maximum Gasteiger partial charge on any atom is 0.359 e. The van der Waals surface area contributed by atoms with Gasteiger partial charge in [0.2, 0.25) is 0 Å². The summed E-state index contributed by atoms with van der Waals surface area (Å²) in [5.74, 6) is 0.145. The van der Waals surface area contributed by atoms with E-state index in [-0.39, 0.29) is 5.69 Å². The molecule has 0 spiro atoms. The monoisotopic (exact) mass is 268 g/mol. The minimum absolute atomic E-state index is 0.251. The number of aromatic nitrogens is 4. The summed E-state index contributed by atoms with van der Waals surface area (Å²) in [5, 5.41) is 4.94. The number of ether oxygens (including phenoxy) is 1. The standard InChI is InChI=1S/C14H12N4O2/c1-2-20-14(19)12-10-6-5-9-16-13(10)18(17-12)11-7-3-4-8-15-11/h3-9H,2H2,1H3. The molecule has 0 atom stereocenters. The second kappa shape index (κ2) is 5.08. The molecule has 0 aromatic carbocycles. The topological polar surface area (TPSA) is 69.9 Å². The average molecular weight is 268 g/mol. The quantitative estimate of drug-likeness (QED) is 0.679. The summed E-state index contributed by atoms with van der Waals surface area (Å²) < 4.78 is 6.57. The average Bonchev–Trinajstić information content (AvgIpc) is 2.88. The molecule has 100 valence electrons. The van der Waals surface area contributed by atoms with Crippen LogP contribution in [0.1, 0.15) is 17.4 Å². The van der Waals surface area contributed by atoms with E-state index in [0.29, 0.717) is 23.5 Å². The van der Waals surface area contributed by atoms with Gasteiger partial charge in [0.05, 0.1) is 12.0 Å². The highest BCUT2D eigenvalue weighted by molar-refractivity contribution is 6.01. The highest BCUT2D eigenvalue weighted by Crippen LogP contribution is 2.19. The van der Waals surface area contributed by atoms with Crippen molar-refractivity contribution in [2.75, 3.05) is 6.61 Å². The van der Waals surface area contributed by atoms with Crippen LogP contribution in [0, 0.1) is 0 Å². The number of rotatable bonds is 3. The predicted molar refractivity (Wildman–Crippen MR) is 72.6 cm³/mol. The molecule has 3 heterocycles. The first kappa shape index (κ1) is 12.3. The first-order valence-corrected chi connectivity index (χ1v) is 6.23. The summed E-state index contributed by atoms with van der Waals surface area (Å²) in [6.45, 7) is 2.06. The second-order valence-corrected chi connectivity index (χ2v) is 4.04. The van der Waals surface area contributed by atoms with Crippen LogP contribution in [0.5, 0.6) is 0 Å². The van der Waals surface area contributed by atoms with Gasteiger partial charge in [-0.2, -0.15) is 9.78 Å². The van der Waals surface area contributed by atoms with Crippen LogP contribution in [-0.4, -0.2) is 32.3 Å². The Morgan fingerprint density at radius 1 is 1.20 bits per heavy atom. The predicted octanol–water partition coefficient (Wildman–Crippen LogP) is 1.99. The molecule has 0 aliphatic heterocycles. The van der Waals surface area contributed by atoms with Crippen molar-refractivity contribution in [3.63, 3.8) is 0 Å². The van der Waals surface area contributed by atoms with Crippen LogP contribution in [0.4, 0.5) is 0 Å². The van der Waals surface area contributed by atoms with Crippen molar-refractivity contribution in [1.82, 2.24) is 19.7 Å². The van der Waals surface area contributed by atoms with Gasteiger partial charge in [-0.05, 0) is 31.2 Å². The van der Waals surface area contributed by atoms with Crippen molar-refractivity contribution < 1.29 is 9.53 Å². The molecular formula is C14H12N4O2. The lowest BCUT2D eigenvalue weighted by atomic mass is 10.2. The van der Waals surface area contributed by atoms with Crippen LogP contribution in [0.25, 0.3) is 16.9 Å². The second-order valence-electron chi connectivity index (χ2n) is 4.04. The molecule has 0 N–H and O–H groups in total. The zero-order valence-electron chi connectivity index (χ0n) is 10.9. The summed E-state index contributed by atoms with van der Waals surface area (Å²) in [6, 6.07) is 9.02. The van der Waals surface area contributed by atoms with Crippen LogP contribution >= 0.6 is 0 Å². The molecule has 0 bridgehead atoms. The fraction of sp³-hybridized carbons (Fsp3) is 0.143. The van der Waals surface area contributed by atoms with Crippen molar-refractivity contribution in [2.24, 2.45) is 0 Å². The molecule has 0 amide bonds. The fourth-order valence-electron chi connectivity index (χ4n) is 1.94. The van der Waals surface area contributed by atoms with Crippen LogP contribution in [0.15, 0.2) is 42.7 Å². The Labute approximate surface area is 115 Å². The number of nitrogens with zero attached hydrogens (tertiary/aromatic N) is 4. The molecule has 6 nitrogen and oxygen atoms in total. The normalized spacial score (nSPS) is 10.7. The Bertz CT molecular complexity index is 752. The van der Waals surface area contributed by atoms with E-state index >= 15 is 0 Å². The number of hydrogen-bond donors (Lipinski definition) is 0. The van der Waals surface area contributed by atoms with E-state index in [2.05, 4.69) is 15.1 Å². The molecule has 0 saturated heterocycles. The third kappa shape index (κ3) is 2.01. The zero-order valence-corrected chi connectivity index (χ0v) is 10.9. The molecule has 20 heavy (non-hydrogen) atoms. The lowest BCUT2D eigenvalue weighted by molar-refractivity contribution is 0.0521. The van der Waals surface area contributed by atoms with Crippen LogP contribution in [0.3, 0.4) is 0 Å². The van der Waals surface area contributed by atoms with Gasteiger partial charge in [0.15, 0.2) is 17.2 Å². The first-order valence-electron chi connectivity index (χ1n) is 6.23. The van der Waals surface area contributed by atoms with Crippen molar-refractivity contribution in [3.8, 4) is 5.82 Å². The minimum Gasteiger partial charge on any atom is -0.461 e. The first-order chi connectivity index (χ1) is 9.81. The van der Waals surface area contributed by atoms with Crippen molar-refractivity contribution >= 4 is 17.0 Å². The number of hydrogen-bond acceptors (Lipinski definition) is 5. The molecule has 0 radical (unpaired) electrons. The number of carbonyl (C=O) groups excluding carboxylic acids is 1. The molecule has 0 aliphatic rings. The van der Waals surface area contributed by atoms with Gasteiger partial charge in [0.1, 0.15) is 0 Å². The van der Waals surface area contributed by atoms with E-state index in [9.17, 15) is 4.79 Å². The van der Waals surface area contributed by atoms with Crippen molar-refractivity contribution in [1.29, 1.82) is 0 Å². The van der Waals surface area contributed by atoms with E-state index in [4.69, 9.17) is 4.74 Å². The molecule has 3 aromatic heterocycles. The minimum atomic E-state index is -0.458. The molecule has 3 rings (SSSR count). The lowest BCUT2D eigenvalue weighted by Gasteiger charge is -1.99. The highest BCUT2D eigenvalue weighted by atomic mass is 16.5. The van der Waals surface area contributed by atoms with Gasteiger partial charge < -0.3 is 4.74 Å². The van der Waals surface area contributed by atoms with Crippen molar-refractivity contribution in [2.45, 2.75) is 6.92 Å². The Morgan fingerprint density at radius 2 is 2.05 bits per heavy atom. The Morgan fingerprint density at radius 3 is 2.80 bits per heavy atom. The molecule has 3 aromatic rings. The molecule has 0 aliphatic carbocycles. The van der Waals surface area contributed by atoms with Gasteiger partial charge in [0.25, 0.3) is 0 Å². The van der Waals surface area contributed by atoms with E-state index in [0.717, 1.165) is 0 Å². The van der Waals surface area contributed by atoms with Crippen LogP contribution in [0.2, 0.25) is 0 Å². The van der Waals surface area contributed by atoms with Crippen LogP contribution < -0.4 is 0 Å². The molecule has 0 saturated carbocycles. The van der Waals surface area contributed by atoms with E-state index in [1.54, 1.807) is 42.2 Å². The number of fused-ring (bicyclic) bond motifs is 1. The number of pyridine rings is 2. The molecule has 0 fully saturated rings. The Kier molecular flexibility index (Phi) is 3.12. The van der Waals surface area contributed by atoms with Gasteiger partial charge in [0, 0.05) is 12.4 Å². The van der Waals surface area contributed by atoms with Gasteiger partial charge >= 0.3 is 5.97 Å². The van der Waals surface area contributed by atoms with E-state index < -0.39 is 5.97 Å². The number of carbonyl (C=O) groups is 1. The molecular weight excluding hydrogens is 256 g/mol. The largest absolute Gasteiger partial charge is 0.461 e. The Balaban J connectivity index is 2.22. The number of esters is 1. The van der Waals surface area contributed by atoms with Gasteiger partial charge in [-0.15, -0.1) is 0 Å².